The topological polar surface area (TPSA) is 103 Å². The molecule has 1 saturated carbocycles. The first-order chi connectivity index (χ1) is 15.5. The average Bonchev–Trinajstić information content (AvgIpc) is 3.23. The second-order valence-corrected chi connectivity index (χ2v) is 7.97. The van der Waals surface area contributed by atoms with Crippen molar-refractivity contribution in [2.75, 3.05) is 10.6 Å². The lowest BCUT2D eigenvalue weighted by atomic mass is 9.97. The molecular weight excluding hydrogens is 407 g/mol. The Balaban J connectivity index is 1.35. The fraction of sp³-hybridized carbons (Fsp3) is 0.250. The van der Waals surface area contributed by atoms with Crippen molar-refractivity contribution in [3.8, 4) is 0 Å². The van der Waals surface area contributed by atoms with Crippen LogP contribution in [-0.2, 0) is 0 Å². The molecule has 164 valence electrons. The van der Waals surface area contributed by atoms with Gasteiger partial charge in [-0.25, -0.2) is 14.2 Å². The molecule has 3 aromatic rings. The van der Waals surface area contributed by atoms with Crippen LogP contribution in [0.4, 0.5) is 26.4 Å². The number of hydrogen-bond acceptors (Lipinski definition) is 5. The number of carbonyl (C=O) groups excluding carboxylic acids is 1. The lowest BCUT2D eigenvalue weighted by Crippen LogP contribution is -2.36. The average molecular weight is 433 g/mol. The molecule has 2 unspecified atom stereocenters. The standard InChI is InChI=1S/C24H25FN6O/c1-15-10-21(8-9-27-15)29-22-14-28-23(12-18(22)13-26)31-24(32)30-20-7-4-17(11-20)16-2-5-19(25)6-3-16/h2-3,5-6,8-10,12-14,17,20,26H,4,7,11H2,1H3,(H,27,29)(H2,28,30,31,32). The van der Waals surface area contributed by atoms with Crippen molar-refractivity contribution in [3.63, 3.8) is 0 Å². The second-order valence-electron chi connectivity index (χ2n) is 7.97. The molecule has 1 aliphatic carbocycles. The van der Waals surface area contributed by atoms with E-state index < -0.39 is 0 Å². The van der Waals surface area contributed by atoms with Gasteiger partial charge >= 0.3 is 6.03 Å². The number of rotatable bonds is 6. The van der Waals surface area contributed by atoms with Crippen LogP contribution in [0, 0.1) is 18.2 Å². The molecule has 0 spiro atoms. The first kappa shape index (κ1) is 21.4. The summed E-state index contributed by atoms with van der Waals surface area (Å²) in [5.41, 5.74) is 4.08. The summed E-state index contributed by atoms with van der Waals surface area (Å²) in [6.45, 7) is 1.90. The van der Waals surface area contributed by atoms with E-state index in [0.717, 1.165) is 36.2 Å². The number of anilines is 3. The van der Waals surface area contributed by atoms with Gasteiger partial charge in [0.15, 0.2) is 0 Å². The van der Waals surface area contributed by atoms with Crippen LogP contribution >= 0.6 is 0 Å². The van der Waals surface area contributed by atoms with Crippen molar-refractivity contribution < 1.29 is 9.18 Å². The van der Waals surface area contributed by atoms with Gasteiger partial charge in [-0.15, -0.1) is 0 Å². The summed E-state index contributed by atoms with van der Waals surface area (Å²) in [5.74, 6) is 0.436. The number of nitrogens with one attached hydrogen (secondary N) is 4. The number of urea groups is 1. The summed E-state index contributed by atoms with van der Waals surface area (Å²) in [6.07, 6.45) is 7.13. The van der Waals surface area contributed by atoms with Crippen LogP contribution in [0.2, 0.25) is 0 Å². The van der Waals surface area contributed by atoms with E-state index in [9.17, 15) is 9.18 Å². The van der Waals surface area contributed by atoms with Crippen molar-refractivity contribution in [1.29, 1.82) is 5.41 Å². The Morgan fingerprint density at radius 3 is 2.72 bits per heavy atom. The van der Waals surface area contributed by atoms with Crippen molar-refractivity contribution in [3.05, 3.63) is 77.5 Å². The van der Waals surface area contributed by atoms with Crippen LogP contribution in [0.25, 0.3) is 0 Å². The number of aromatic nitrogens is 2. The molecule has 4 N–H and O–H groups in total. The minimum Gasteiger partial charge on any atom is -0.354 e. The van der Waals surface area contributed by atoms with E-state index in [0.29, 0.717) is 23.0 Å². The van der Waals surface area contributed by atoms with Crippen LogP contribution in [0.15, 0.2) is 54.9 Å². The molecule has 1 aliphatic rings. The van der Waals surface area contributed by atoms with Gasteiger partial charge < -0.3 is 16.0 Å². The van der Waals surface area contributed by atoms with Crippen LogP contribution in [0.3, 0.4) is 0 Å². The van der Waals surface area contributed by atoms with E-state index in [1.807, 2.05) is 31.2 Å². The third-order valence-electron chi connectivity index (χ3n) is 5.62. The SMILES string of the molecule is Cc1cc(Nc2cnc(NC(=O)NC3CCC(c4ccc(F)cc4)C3)cc2C=N)ccn1. The quantitative estimate of drug-likeness (QED) is 0.406. The van der Waals surface area contributed by atoms with Gasteiger partial charge in [-0.2, -0.15) is 0 Å². The molecular formula is C24H25FN6O. The first-order valence-electron chi connectivity index (χ1n) is 10.5. The van der Waals surface area contributed by atoms with Crippen LogP contribution in [0.5, 0.6) is 0 Å². The van der Waals surface area contributed by atoms with Gasteiger partial charge in [0, 0.05) is 35.4 Å². The number of amides is 2. The zero-order valence-electron chi connectivity index (χ0n) is 17.7. The molecule has 2 heterocycles. The normalized spacial score (nSPS) is 17.6. The highest BCUT2D eigenvalue weighted by Gasteiger charge is 2.27. The molecule has 0 radical (unpaired) electrons. The van der Waals surface area contributed by atoms with Crippen molar-refractivity contribution in [1.82, 2.24) is 15.3 Å². The maximum Gasteiger partial charge on any atom is 0.320 e. The van der Waals surface area contributed by atoms with E-state index in [-0.39, 0.29) is 17.9 Å². The van der Waals surface area contributed by atoms with Crippen LogP contribution < -0.4 is 16.0 Å². The maximum atomic E-state index is 13.1. The zero-order valence-corrected chi connectivity index (χ0v) is 17.7. The van der Waals surface area contributed by atoms with Gasteiger partial charge in [0.05, 0.1) is 11.9 Å². The Kier molecular flexibility index (Phi) is 6.39. The molecule has 0 saturated heterocycles. The van der Waals surface area contributed by atoms with E-state index in [1.165, 1.54) is 18.3 Å². The molecule has 2 atom stereocenters. The van der Waals surface area contributed by atoms with Crippen molar-refractivity contribution >= 4 is 29.4 Å². The number of pyridine rings is 2. The Morgan fingerprint density at radius 1 is 1.16 bits per heavy atom. The molecule has 8 heteroatoms. The fourth-order valence-electron chi connectivity index (χ4n) is 4.03. The van der Waals surface area contributed by atoms with Crippen LogP contribution in [0.1, 0.15) is 42.0 Å². The highest BCUT2D eigenvalue weighted by atomic mass is 19.1. The van der Waals surface area contributed by atoms with E-state index >= 15 is 0 Å². The van der Waals surface area contributed by atoms with Crippen molar-refractivity contribution in [2.45, 2.75) is 38.1 Å². The number of carbonyl (C=O) groups is 1. The van der Waals surface area contributed by atoms with Crippen LogP contribution in [-0.4, -0.2) is 28.3 Å². The van der Waals surface area contributed by atoms with Gasteiger partial charge in [-0.05, 0) is 68.0 Å². The van der Waals surface area contributed by atoms with E-state index in [1.54, 1.807) is 18.5 Å². The number of aryl methyl sites for hydroxylation is 1. The lowest BCUT2D eigenvalue weighted by molar-refractivity contribution is 0.248. The molecule has 0 aliphatic heterocycles. The summed E-state index contributed by atoms with van der Waals surface area (Å²) in [5, 5.41) is 16.7. The monoisotopic (exact) mass is 432 g/mol. The summed E-state index contributed by atoms with van der Waals surface area (Å²) in [7, 11) is 0. The summed E-state index contributed by atoms with van der Waals surface area (Å²) >= 11 is 0. The minimum absolute atomic E-state index is 0.0446. The number of halogens is 1. The Labute approximate surface area is 186 Å². The molecule has 1 fully saturated rings. The number of benzene rings is 1. The molecule has 2 amide bonds. The van der Waals surface area contributed by atoms with Gasteiger partial charge in [-0.1, -0.05) is 12.1 Å². The van der Waals surface area contributed by atoms with Gasteiger partial charge in [0.2, 0.25) is 0 Å². The van der Waals surface area contributed by atoms with Gasteiger partial charge in [-0.3, -0.25) is 10.3 Å². The molecule has 7 nitrogen and oxygen atoms in total. The summed E-state index contributed by atoms with van der Waals surface area (Å²) in [6, 6.07) is 11.7. The molecule has 4 rings (SSSR count). The van der Waals surface area contributed by atoms with E-state index in [2.05, 4.69) is 25.9 Å². The summed E-state index contributed by atoms with van der Waals surface area (Å²) < 4.78 is 13.1. The molecule has 1 aromatic carbocycles. The molecule has 0 bridgehead atoms. The zero-order chi connectivity index (χ0) is 22.5. The largest absolute Gasteiger partial charge is 0.354 e. The third kappa shape index (κ3) is 5.26. The van der Waals surface area contributed by atoms with Gasteiger partial charge in [0.25, 0.3) is 0 Å². The predicted molar refractivity (Wildman–Crippen MR) is 123 cm³/mol. The van der Waals surface area contributed by atoms with Crippen molar-refractivity contribution in [2.24, 2.45) is 0 Å². The Bertz CT molecular complexity index is 1120. The summed E-state index contributed by atoms with van der Waals surface area (Å²) in [4.78, 5) is 20.9. The number of hydrogen-bond donors (Lipinski definition) is 4. The lowest BCUT2D eigenvalue weighted by Gasteiger charge is -2.15. The maximum absolute atomic E-state index is 13.1. The first-order valence-corrected chi connectivity index (χ1v) is 10.5. The smallest absolute Gasteiger partial charge is 0.320 e. The predicted octanol–water partition coefficient (Wildman–Crippen LogP) is 5.12. The molecule has 32 heavy (non-hydrogen) atoms. The van der Waals surface area contributed by atoms with E-state index in [4.69, 9.17) is 5.41 Å². The third-order valence-corrected chi connectivity index (χ3v) is 5.62. The molecule has 2 aromatic heterocycles. The fourth-order valence-corrected chi connectivity index (χ4v) is 4.03. The highest BCUT2D eigenvalue weighted by molar-refractivity contribution is 5.92. The second kappa shape index (κ2) is 9.55. The van der Waals surface area contributed by atoms with Gasteiger partial charge in [0.1, 0.15) is 11.6 Å². The number of nitrogens with zero attached hydrogens (tertiary/aromatic N) is 2. The Morgan fingerprint density at radius 2 is 1.97 bits per heavy atom. The highest BCUT2D eigenvalue weighted by Crippen LogP contribution is 2.34. The minimum atomic E-state index is -0.330. The Hall–Kier alpha value is -3.81.